The van der Waals surface area contributed by atoms with Crippen molar-refractivity contribution < 1.29 is 28.6 Å². The van der Waals surface area contributed by atoms with E-state index in [1.165, 1.54) is 218 Å². The molecule has 0 rings (SSSR count). The van der Waals surface area contributed by atoms with Crippen LogP contribution in [-0.4, -0.2) is 37.2 Å². The van der Waals surface area contributed by atoms with Gasteiger partial charge in [0.2, 0.25) is 0 Å². The molecule has 0 aliphatic rings. The largest absolute Gasteiger partial charge is 0.462 e. The van der Waals surface area contributed by atoms with Crippen LogP contribution in [0.25, 0.3) is 0 Å². The number of allylic oxidation sites excluding steroid dienone is 6. The Kier molecular flexibility index (Phi) is 56.2. The van der Waals surface area contributed by atoms with Crippen LogP contribution in [-0.2, 0) is 28.6 Å². The highest BCUT2D eigenvalue weighted by molar-refractivity contribution is 5.71. The number of ether oxygens (including phenoxy) is 3. The number of rotatable bonds is 56. The lowest BCUT2D eigenvalue weighted by Crippen LogP contribution is -2.30. The van der Waals surface area contributed by atoms with Gasteiger partial charge in [-0.3, -0.25) is 14.4 Å². The van der Waals surface area contributed by atoms with Crippen molar-refractivity contribution in [3.63, 3.8) is 0 Å². The topological polar surface area (TPSA) is 78.9 Å². The van der Waals surface area contributed by atoms with Crippen LogP contribution in [0, 0.1) is 0 Å². The van der Waals surface area contributed by atoms with Crippen LogP contribution in [0.4, 0.5) is 0 Å². The Morgan fingerprint density at radius 2 is 0.522 bits per heavy atom. The van der Waals surface area contributed by atoms with Crippen LogP contribution < -0.4 is 0 Å². The SMILES string of the molecule is CCCCCCC/C=C\C/C=C\C/C=C\CCCCCCCCCCCCC(=O)OCC(COC(=O)CCCCCCCCC)OC(=O)CCCCCCCCCCCCCCCCCCCCC. The standard InChI is InChI=1S/C63H116O6/c1-4-7-10-13-16-18-20-22-24-26-28-29-30-31-32-33-35-36-38-40-42-44-47-50-53-56-62(65)68-59-60(58-67-61(64)55-52-49-46-15-12-9-6-3)69-63(66)57-54-51-48-45-43-41-39-37-34-27-25-23-21-19-17-14-11-8-5-2/h20,22,26,28,30-31,60H,4-19,21,23-25,27,29,32-59H2,1-3H3/b22-20-,28-26-,31-30-. The number of unbranched alkanes of at least 4 members (excludes halogenated alkanes) is 39. The summed E-state index contributed by atoms with van der Waals surface area (Å²) in [5.41, 5.74) is 0. The molecule has 0 fully saturated rings. The Morgan fingerprint density at radius 3 is 0.812 bits per heavy atom. The van der Waals surface area contributed by atoms with E-state index in [-0.39, 0.29) is 31.1 Å². The summed E-state index contributed by atoms with van der Waals surface area (Å²) in [6.07, 6.45) is 70.2. The molecule has 69 heavy (non-hydrogen) atoms. The highest BCUT2D eigenvalue weighted by Crippen LogP contribution is 2.17. The van der Waals surface area contributed by atoms with Crippen LogP contribution in [0.3, 0.4) is 0 Å². The summed E-state index contributed by atoms with van der Waals surface area (Å²) in [5.74, 6) is -0.860. The smallest absolute Gasteiger partial charge is 0.306 e. The number of carbonyl (C=O) groups is 3. The first-order chi connectivity index (χ1) is 34.0. The average molecular weight is 970 g/mol. The van der Waals surface area contributed by atoms with Gasteiger partial charge in [0.05, 0.1) is 0 Å². The van der Waals surface area contributed by atoms with Crippen molar-refractivity contribution >= 4 is 17.9 Å². The number of carbonyl (C=O) groups excluding carboxylic acids is 3. The fourth-order valence-corrected chi connectivity index (χ4v) is 9.04. The molecule has 404 valence electrons. The van der Waals surface area contributed by atoms with E-state index in [2.05, 4.69) is 57.2 Å². The van der Waals surface area contributed by atoms with E-state index >= 15 is 0 Å². The molecule has 0 heterocycles. The predicted octanol–water partition coefficient (Wildman–Crippen LogP) is 20.4. The molecule has 0 aliphatic heterocycles. The molecule has 0 saturated heterocycles. The van der Waals surface area contributed by atoms with Gasteiger partial charge in [0.25, 0.3) is 0 Å². The van der Waals surface area contributed by atoms with Crippen molar-refractivity contribution in [1.82, 2.24) is 0 Å². The lowest BCUT2D eigenvalue weighted by molar-refractivity contribution is -0.167. The highest BCUT2D eigenvalue weighted by atomic mass is 16.6. The van der Waals surface area contributed by atoms with E-state index in [1.807, 2.05) is 0 Å². The van der Waals surface area contributed by atoms with E-state index in [9.17, 15) is 14.4 Å². The number of esters is 3. The van der Waals surface area contributed by atoms with Crippen LogP contribution in [0.1, 0.15) is 329 Å². The molecule has 6 nitrogen and oxygen atoms in total. The minimum absolute atomic E-state index is 0.0692. The summed E-state index contributed by atoms with van der Waals surface area (Å²) in [6, 6.07) is 0. The zero-order valence-corrected chi connectivity index (χ0v) is 46.3. The molecule has 0 aromatic rings. The Hall–Kier alpha value is -2.37. The van der Waals surface area contributed by atoms with Crippen molar-refractivity contribution in [3.05, 3.63) is 36.5 Å². The number of hydrogen-bond donors (Lipinski definition) is 0. The van der Waals surface area contributed by atoms with Gasteiger partial charge in [-0.1, -0.05) is 288 Å². The molecular formula is C63H116O6. The van der Waals surface area contributed by atoms with Crippen molar-refractivity contribution in [3.8, 4) is 0 Å². The molecule has 0 saturated carbocycles. The van der Waals surface area contributed by atoms with Gasteiger partial charge in [0, 0.05) is 19.3 Å². The first-order valence-electron chi connectivity index (χ1n) is 30.5. The third-order valence-corrected chi connectivity index (χ3v) is 13.6. The molecule has 0 aromatic heterocycles. The zero-order valence-electron chi connectivity index (χ0n) is 46.3. The van der Waals surface area contributed by atoms with E-state index in [0.717, 1.165) is 70.6 Å². The second-order valence-corrected chi connectivity index (χ2v) is 20.6. The van der Waals surface area contributed by atoms with E-state index in [4.69, 9.17) is 14.2 Å². The molecular weight excluding hydrogens is 853 g/mol. The molecule has 6 heteroatoms. The third-order valence-electron chi connectivity index (χ3n) is 13.6. The first kappa shape index (κ1) is 66.6. The van der Waals surface area contributed by atoms with E-state index in [0.29, 0.717) is 19.3 Å². The monoisotopic (exact) mass is 969 g/mol. The fourth-order valence-electron chi connectivity index (χ4n) is 9.04. The first-order valence-corrected chi connectivity index (χ1v) is 30.5. The summed E-state index contributed by atoms with van der Waals surface area (Å²) >= 11 is 0. The molecule has 0 aromatic carbocycles. The van der Waals surface area contributed by atoms with Crippen molar-refractivity contribution in [2.24, 2.45) is 0 Å². The van der Waals surface area contributed by atoms with Crippen molar-refractivity contribution in [1.29, 1.82) is 0 Å². The molecule has 1 unspecified atom stereocenters. The van der Waals surface area contributed by atoms with Gasteiger partial charge in [0.1, 0.15) is 13.2 Å². The minimum Gasteiger partial charge on any atom is -0.462 e. The maximum Gasteiger partial charge on any atom is 0.306 e. The Bertz CT molecular complexity index is 1160. The second-order valence-electron chi connectivity index (χ2n) is 20.6. The van der Waals surface area contributed by atoms with Gasteiger partial charge in [0.15, 0.2) is 6.10 Å². The predicted molar refractivity (Wildman–Crippen MR) is 298 cm³/mol. The van der Waals surface area contributed by atoms with E-state index < -0.39 is 6.10 Å². The van der Waals surface area contributed by atoms with E-state index in [1.54, 1.807) is 0 Å². The average Bonchev–Trinajstić information content (AvgIpc) is 3.35. The third kappa shape index (κ3) is 56.4. The van der Waals surface area contributed by atoms with Gasteiger partial charge in [-0.2, -0.15) is 0 Å². The number of hydrogen-bond acceptors (Lipinski definition) is 6. The Labute approximate surface area is 429 Å². The van der Waals surface area contributed by atoms with Crippen LogP contribution in [0.5, 0.6) is 0 Å². The normalized spacial score (nSPS) is 12.2. The summed E-state index contributed by atoms with van der Waals surface area (Å²) in [5, 5.41) is 0. The molecule has 0 aliphatic carbocycles. The van der Waals surface area contributed by atoms with Gasteiger partial charge in [-0.25, -0.2) is 0 Å². The maximum absolute atomic E-state index is 12.8. The summed E-state index contributed by atoms with van der Waals surface area (Å²) in [6.45, 7) is 6.63. The zero-order chi connectivity index (χ0) is 50.0. The molecule has 0 N–H and O–H groups in total. The highest BCUT2D eigenvalue weighted by Gasteiger charge is 2.19. The van der Waals surface area contributed by atoms with Gasteiger partial charge in [-0.15, -0.1) is 0 Å². The quantitative estimate of drug-likeness (QED) is 0.0261. The summed E-state index contributed by atoms with van der Waals surface area (Å²) < 4.78 is 16.8. The minimum atomic E-state index is -0.768. The van der Waals surface area contributed by atoms with Crippen LogP contribution in [0.2, 0.25) is 0 Å². The van der Waals surface area contributed by atoms with Crippen LogP contribution in [0.15, 0.2) is 36.5 Å². The second kappa shape index (κ2) is 58.2. The molecule has 0 radical (unpaired) electrons. The van der Waals surface area contributed by atoms with Crippen molar-refractivity contribution in [2.45, 2.75) is 335 Å². The molecule has 0 amide bonds. The maximum atomic E-state index is 12.8. The summed E-state index contributed by atoms with van der Waals surface area (Å²) in [4.78, 5) is 38.0. The fraction of sp³-hybridized carbons (Fsp3) is 0.857. The van der Waals surface area contributed by atoms with Crippen LogP contribution >= 0.6 is 0 Å². The van der Waals surface area contributed by atoms with Gasteiger partial charge in [-0.05, 0) is 57.8 Å². The lowest BCUT2D eigenvalue weighted by atomic mass is 10.0. The summed E-state index contributed by atoms with van der Waals surface area (Å²) in [7, 11) is 0. The molecule has 0 bridgehead atoms. The van der Waals surface area contributed by atoms with Gasteiger partial charge < -0.3 is 14.2 Å². The van der Waals surface area contributed by atoms with Gasteiger partial charge >= 0.3 is 17.9 Å². The molecule has 1 atom stereocenters. The lowest BCUT2D eigenvalue weighted by Gasteiger charge is -2.18. The molecule has 0 spiro atoms. The Balaban J connectivity index is 4.13. The van der Waals surface area contributed by atoms with Crippen molar-refractivity contribution in [2.75, 3.05) is 13.2 Å². The Morgan fingerprint density at radius 1 is 0.290 bits per heavy atom.